The van der Waals surface area contributed by atoms with Gasteiger partial charge in [-0.25, -0.2) is 8.42 Å². The Morgan fingerprint density at radius 2 is 1.76 bits per heavy atom. The number of rotatable bonds is 2. The number of aryl methyl sites for hydroxylation is 1. The van der Waals surface area contributed by atoms with Gasteiger partial charge in [-0.2, -0.15) is 5.11 Å². The monoisotopic (exact) mass is 301 g/mol. The lowest BCUT2D eigenvalue weighted by Crippen LogP contribution is -2.50. The van der Waals surface area contributed by atoms with Crippen LogP contribution in [0.15, 0.2) is 53.4 Å². The molecule has 5 nitrogen and oxygen atoms in total. The van der Waals surface area contributed by atoms with Crippen LogP contribution >= 0.6 is 0 Å². The Balaban J connectivity index is 2.14. The third-order valence-corrected chi connectivity index (χ3v) is 5.11. The lowest BCUT2D eigenvalue weighted by Gasteiger charge is -2.35. The van der Waals surface area contributed by atoms with E-state index in [0.29, 0.717) is 5.11 Å². The molecule has 0 fully saturated rings. The van der Waals surface area contributed by atoms with Gasteiger partial charge in [-0.1, -0.05) is 42.0 Å². The number of hydrazine groups is 1. The van der Waals surface area contributed by atoms with Crippen molar-refractivity contribution in [2.45, 2.75) is 11.8 Å². The predicted molar refractivity (Wildman–Crippen MR) is 80.7 cm³/mol. The number of nitrogens with zero attached hydrogens (tertiary/aromatic N) is 1. The Morgan fingerprint density at radius 3 is 2.48 bits per heavy atom. The zero-order chi connectivity index (χ0) is 15.0. The second kappa shape index (κ2) is 4.93. The van der Waals surface area contributed by atoms with Gasteiger partial charge in [0, 0.05) is 6.20 Å². The van der Waals surface area contributed by atoms with Crippen LogP contribution in [-0.2, 0) is 10.0 Å². The second-order valence-corrected chi connectivity index (χ2v) is 6.70. The third kappa shape index (κ3) is 2.29. The smallest absolute Gasteiger partial charge is 0.242 e. The minimum absolute atomic E-state index is 0.132. The molecule has 0 atom stereocenters. The van der Waals surface area contributed by atoms with Crippen LogP contribution in [0.25, 0.3) is 6.20 Å². The van der Waals surface area contributed by atoms with Gasteiger partial charge in [0.1, 0.15) is 0 Å². The molecule has 1 aliphatic heterocycles. The third-order valence-electron chi connectivity index (χ3n) is 3.42. The maximum Gasteiger partial charge on any atom is 0.242 e. The van der Waals surface area contributed by atoms with Crippen LogP contribution in [0.4, 0.5) is 0 Å². The molecule has 21 heavy (non-hydrogen) atoms. The number of hydrogen-bond acceptors (Lipinski definition) is 4. The number of hydrogen-bond donors (Lipinski definition) is 2. The maximum absolute atomic E-state index is 12.6. The summed E-state index contributed by atoms with van der Waals surface area (Å²) in [6, 6.07) is 13.6. The number of nitrogens with one attached hydrogen (secondary N) is 1. The van der Waals surface area contributed by atoms with E-state index in [1.54, 1.807) is 36.5 Å². The first-order valence-electron chi connectivity index (χ1n) is 6.47. The minimum atomic E-state index is -3.83. The second-order valence-electron chi connectivity index (χ2n) is 4.89. The van der Waals surface area contributed by atoms with Gasteiger partial charge >= 0.3 is 0 Å². The number of sulfonamides is 1. The van der Waals surface area contributed by atoms with E-state index < -0.39 is 16.7 Å². The molecule has 2 N–H and O–H groups in total. The Bertz CT molecular complexity index is 908. The average molecular weight is 301 g/mol. The summed E-state index contributed by atoms with van der Waals surface area (Å²) >= 11 is 0. The molecule has 108 valence electrons. The van der Waals surface area contributed by atoms with Gasteiger partial charge in [-0.15, -0.1) is 0 Å². The average Bonchev–Trinajstić information content (AvgIpc) is 2.48. The van der Waals surface area contributed by atoms with E-state index >= 15 is 0 Å². The largest absolute Gasteiger partial charge is 0.748 e. The van der Waals surface area contributed by atoms with E-state index in [0.717, 1.165) is 15.1 Å². The summed E-state index contributed by atoms with van der Waals surface area (Å²) in [5.41, 5.74) is 3.62. The van der Waals surface area contributed by atoms with Crippen molar-refractivity contribution < 1.29 is 13.4 Å². The van der Waals surface area contributed by atoms with Crippen LogP contribution in [0, 0.1) is 12.0 Å². The Hall–Kier alpha value is -2.28. The fourth-order valence-electron chi connectivity index (χ4n) is 2.23. The lowest BCUT2D eigenvalue weighted by molar-refractivity contribution is 0.443. The molecule has 3 rings (SSSR count). The molecule has 2 aromatic carbocycles. The summed E-state index contributed by atoms with van der Waals surface area (Å²) in [6.45, 7) is 0.617. The van der Waals surface area contributed by atoms with Gasteiger partial charge in [-0.05, 0) is 24.3 Å². The highest BCUT2D eigenvalue weighted by Gasteiger charge is 2.20. The number of fused-ring (bicyclic) bond motifs is 1. The molecule has 0 saturated carbocycles. The highest BCUT2D eigenvalue weighted by molar-refractivity contribution is 7.90. The molecule has 2 aromatic rings. The van der Waals surface area contributed by atoms with Crippen molar-refractivity contribution in [3.63, 3.8) is 0 Å². The molecule has 0 unspecified atom stereocenters. The van der Waals surface area contributed by atoms with E-state index in [9.17, 15) is 13.4 Å². The van der Waals surface area contributed by atoms with E-state index in [-0.39, 0.29) is 4.90 Å². The molecule has 0 saturated heterocycles. The first kappa shape index (κ1) is 13.7. The van der Waals surface area contributed by atoms with E-state index in [4.69, 9.17) is 0 Å². The maximum atomic E-state index is 12.6. The van der Waals surface area contributed by atoms with Crippen LogP contribution < -0.4 is 10.6 Å². The summed E-state index contributed by atoms with van der Waals surface area (Å²) in [4.78, 5) is 0.132. The molecule has 0 spiro atoms. The van der Waals surface area contributed by atoms with Crippen LogP contribution in [-0.4, -0.2) is 24.5 Å². The SMILES string of the molecule is Cc1ccc(S(=O)(=O)N2NC=c3ccccc3=[B-]2O)cc1. The molecular weight excluding hydrogens is 287 g/mol. The summed E-state index contributed by atoms with van der Waals surface area (Å²) in [6.07, 6.45) is 1.56. The topological polar surface area (TPSA) is 69.6 Å². The van der Waals surface area contributed by atoms with Crippen LogP contribution in [0.2, 0.25) is 0 Å². The van der Waals surface area contributed by atoms with Gasteiger partial charge in [0.25, 0.3) is 0 Å². The predicted octanol–water partition coefficient (Wildman–Crippen LogP) is 0.255. The normalized spacial score (nSPS) is 14.1. The van der Waals surface area contributed by atoms with Crippen molar-refractivity contribution >= 4 is 22.9 Å². The Labute approximate surface area is 123 Å². The van der Waals surface area contributed by atoms with E-state index in [2.05, 4.69) is 5.43 Å². The quantitative estimate of drug-likeness (QED) is 0.781. The van der Waals surface area contributed by atoms with Gasteiger partial charge in [-0.3, -0.25) is 0 Å². The highest BCUT2D eigenvalue weighted by Crippen LogP contribution is 2.15. The fourth-order valence-corrected chi connectivity index (χ4v) is 3.51. The fraction of sp³-hybridized carbons (Fsp3) is 0.0714. The number of benzene rings is 2. The summed E-state index contributed by atoms with van der Waals surface area (Å²) in [5.74, 6) is 0. The van der Waals surface area contributed by atoms with Gasteiger partial charge < -0.3 is 14.8 Å². The van der Waals surface area contributed by atoms with Gasteiger partial charge in [0.05, 0.1) is 4.90 Å². The van der Waals surface area contributed by atoms with Crippen molar-refractivity contribution in [1.29, 1.82) is 0 Å². The first-order chi connectivity index (χ1) is 10.00. The highest BCUT2D eigenvalue weighted by atomic mass is 32.2. The van der Waals surface area contributed by atoms with E-state index in [1.165, 1.54) is 12.1 Å². The molecule has 0 aliphatic carbocycles. The van der Waals surface area contributed by atoms with Crippen LogP contribution in [0.3, 0.4) is 0 Å². The molecule has 0 aromatic heterocycles. The van der Waals surface area contributed by atoms with Crippen molar-refractivity contribution in [1.82, 2.24) is 9.75 Å². The molecule has 0 radical (unpaired) electrons. The Kier molecular flexibility index (Phi) is 3.21. The standard InChI is InChI=1S/C14H14BN2O3S/c1-11-6-8-13(9-7-11)21(19,20)17-15(18)14-5-3-2-4-12(14)10-16-17/h2-10,16,18H,1H3/q-1. The van der Waals surface area contributed by atoms with Crippen molar-refractivity contribution in [3.05, 3.63) is 64.4 Å². The summed E-state index contributed by atoms with van der Waals surface area (Å²) in [7, 11) is -3.83. The van der Waals surface area contributed by atoms with Gasteiger partial charge in [0.2, 0.25) is 10.0 Å². The molecular formula is C14H14BN2O3S-. The van der Waals surface area contributed by atoms with Crippen LogP contribution in [0.5, 0.6) is 0 Å². The summed E-state index contributed by atoms with van der Waals surface area (Å²) < 4.78 is 26.1. The lowest BCUT2D eigenvalue weighted by atomic mass is 9.93. The van der Waals surface area contributed by atoms with Crippen molar-refractivity contribution in [3.8, 4) is 0 Å². The van der Waals surface area contributed by atoms with Crippen molar-refractivity contribution in [2.24, 2.45) is 0 Å². The first-order valence-corrected chi connectivity index (χ1v) is 7.91. The zero-order valence-corrected chi connectivity index (χ0v) is 12.2. The zero-order valence-electron chi connectivity index (χ0n) is 11.4. The Morgan fingerprint density at radius 1 is 1.10 bits per heavy atom. The van der Waals surface area contributed by atoms with Crippen molar-refractivity contribution in [2.75, 3.05) is 0 Å². The van der Waals surface area contributed by atoms with E-state index in [1.807, 2.05) is 13.0 Å². The summed E-state index contributed by atoms with van der Waals surface area (Å²) in [5, 5.41) is 11.6. The molecule has 1 heterocycles. The van der Waals surface area contributed by atoms with Crippen LogP contribution in [0.1, 0.15) is 5.56 Å². The molecule has 0 bridgehead atoms. The molecule has 1 aliphatic rings. The molecule has 7 heteroatoms. The molecule has 0 amide bonds. The minimum Gasteiger partial charge on any atom is -0.748 e. The van der Waals surface area contributed by atoms with Gasteiger partial charge in [0.15, 0.2) is 6.69 Å².